The van der Waals surface area contributed by atoms with Gasteiger partial charge in [-0.05, 0) is 50.0 Å². The Bertz CT molecular complexity index is 344. The molecule has 0 amide bonds. The van der Waals surface area contributed by atoms with Crippen molar-refractivity contribution in [1.29, 1.82) is 5.26 Å². The van der Waals surface area contributed by atoms with Crippen molar-refractivity contribution in [2.24, 2.45) is 23.5 Å². The number of hydrogen-bond donors (Lipinski definition) is 1. The summed E-state index contributed by atoms with van der Waals surface area (Å²) in [6.07, 6.45) is 9.32. The highest BCUT2D eigenvalue weighted by Gasteiger charge is 2.44. The number of hydrogen-bond acceptors (Lipinski definition) is 3. The lowest BCUT2D eigenvalue weighted by Gasteiger charge is -2.43. The third-order valence-electron chi connectivity index (χ3n) is 5.37. The Morgan fingerprint density at radius 2 is 1.83 bits per heavy atom. The van der Waals surface area contributed by atoms with Crippen molar-refractivity contribution >= 4 is 0 Å². The summed E-state index contributed by atoms with van der Waals surface area (Å²) in [5, 5.41) is 9.36. The van der Waals surface area contributed by atoms with Crippen LogP contribution in [0.2, 0.25) is 0 Å². The van der Waals surface area contributed by atoms with Gasteiger partial charge in [-0.15, -0.1) is 0 Å². The summed E-state index contributed by atoms with van der Waals surface area (Å²) in [6, 6.07) is 2.40. The van der Waals surface area contributed by atoms with Crippen molar-refractivity contribution in [2.75, 3.05) is 19.6 Å². The molecule has 1 heterocycles. The number of piperidine rings is 1. The molecule has 3 fully saturated rings. The number of likely N-dealkylation sites (tertiary alicyclic amines) is 1. The topological polar surface area (TPSA) is 53.1 Å². The zero-order valence-electron chi connectivity index (χ0n) is 11.3. The lowest BCUT2D eigenvalue weighted by atomic mass is 9.75. The molecule has 3 aliphatic rings. The summed E-state index contributed by atoms with van der Waals surface area (Å²) in [5.41, 5.74) is 5.73. The number of nitrogens with two attached hydrogens (primary N) is 1. The molecule has 0 spiro atoms. The van der Waals surface area contributed by atoms with Crippen LogP contribution in [0.4, 0.5) is 0 Å². The van der Waals surface area contributed by atoms with Gasteiger partial charge < -0.3 is 10.6 Å². The summed E-state index contributed by atoms with van der Waals surface area (Å²) in [7, 11) is 0. The van der Waals surface area contributed by atoms with Crippen LogP contribution in [0, 0.1) is 29.1 Å². The fourth-order valence-electron chi connectivity index (χ4n) is 4.04. The second-order valence-corrected chi connectivity index (χ2v) is 6.75. The van der Waals surface area contributed by atoms with E-state index in [0.717, 1.165) is 37.8 Å². The zero-order chi connectivity index (χ0) is 12.6. The maximum Gasteiger partial charge on any atom is 0.119 e. The molecule has 0 radical (unpaired) electrons. The molecule has 3 heteroatoms. The van der Waals surface area contributed by atoms with Gasteiger partial charge in [-0.25, -0.2) is 0 Å². The van der Waals surface area contributed by atoms with Crippen LogP contribution in [-0.2, 0) is 0 Å². The Labute approximate surface area is 110 Å². The predicted molar refractivity (Wildman–Crippen MR) is 71.8 cm³/mol. The fourth-order valence-corrected chi connectivity index (χ4v) is 4.04. The molecule has 3 nitrogen and oxygen atoms in total. The standard InChI is InChI=1S/C15H25N3/c16-10-15(17,14-5-6-14)11-18-8-7-12-3-1-2-4-13(12)9-18/h12-14H,1-9,11,17H2. The average Bonchev–Trinajstić information content (AvgIpc) is 3.23. The monoisotopic (exact) mass is 247 g/mol. The second kappa shape index (κ2) is 4.83. The molecule has 3 atom stereocenters. The molecule has 100 valence electrons. The zero-order valence-corrected chi connectivity index (χ0v) is 11.3. The van der Waals surface area contributed by atoms with Gasteiger partial charge in [0.25, 0.3) is 0 Å². The number of nitrogens with zero attached hydrogens (tertiary/aromatic N) is 2. The van der Waals surface area contributed by atoms with E-state index < -0.39 is 5.54 Å². The lowest BCUT2D eigenvalue weighted by Crippen LogP contribution is -2.54. The van der Waals surface area contributed by atoms with Gasteiger partial charge in [0.2, 0.25) is 0 Å². The minimum absolute atomic E-state index is 0.464. The summed E-state index contributed by atoms with van der Waals surface area (Å²) in [6.45, 7) is 3.16. The van der Waals surface area contributed by atoms with Crippen LogP contribution in [0.5, 0.6) is 0 Å². The minimum Gasteiger partial charge on any atom is -0.312 e. The van der Waals surface area contributed by atoms with Gasteiger partial charge in [0, 0.05) is 13.1 Å². The van der Waals surface area contributed by atoms with E-state index in [1.165, 1.54) is 38.6 Å². The van der Waals surface area contributed by atoms with Gasteiger partial charge in [0.15, 0.2) is 0 Å². The van der Waals surface area contributed by atoms with E-state index in [1.54, 1.807) is 0 Å². The van der Waals surface area contributed by atoms with Crippen LogP contribution in [0.25, 0.3) is 0 Å². The number of rotatable bonds is 3. The van der Waals surface area contributed by atoms with Crippen molar-refractivity contribution in [2.45, 2.75) is 50.5 Å². The van der Waals surface area contributed by atoms with E-state index in [-0.39, 0.29) is 0 Å². The summed E-state index contributed by atoms with van der Waals surface area (Å²) < 4.78 is 0. The highest BCUT2D eigenvalue weighted by Crippen LogP contribution is 2.40. The van der Waals surface area contributed by atoms with Crippen LogP contribution >= 0.6 is 0 Å². The third-order valence-corrected chi connectivity index (χ3v) is 5.37. The van der Waals surface area contributed by atoms with Crippen molar-refractivity contribution < 1.29 is 0 Å². The van der Waals surface area contributed by atoms with Gasteiger partial charge in [-0.1, -0.05) is 19.3 Å². The van der Waals surface area contributed by atoms with E-state index in [2.05, 4.69) is 11.0 Å². The van der Waals surface area contributed by atoms with Gasteiger partial charge in [0.05, 0.1) is 6.07 Å². The van der Waals surface area contributed by atoms with Crippen LogP contribution in [0.15, 0.2) is 0 Å². The van der Waals surface area contributed by atoms with Crippen molar-refractivity contribution in [3.05, 3.63) is 0 Å². The highest BCUT2D eigenvalue weighted by molar-refractivity contribution is 5.15. The first kappa shape index (κ1) is 12.4. The molecule has 0 aromatic carbocycles. The van der Waals surface area contributed by atoms with Gasteiger partial charge in [-0.2, -0.15) is 5.26 Å². The van der Waals surface area contributed by atoms with Crippen LogP contribution in [-0.4, -0.2) is 30.1 Å². The Kier molecular flexibility index (Phi) is 3.34. The molecular formula is C15H25N3. The predicted octanol–water partition coefficient (Wildman–Crippen LogP) is 2.13. The summed E-state index contributed by atoms with van der Waals surface area (Å²) >= 11 is 0. The molecule has 1 aliphatic heterocycles. The van der Waals surface area contributed by atoms with Gasteiger partial charge in [-0.3, -0.25) is 0 Å². The van der Waals surface area contributed by atoms with Crippen LogP contribution < -0.4 is 5.73 Å². The first-order chi connectivity index (χ1) is 8.71. The SMILES string of the molecule is N#CC(N)(CN1CCC2CCCCC2C1)C1CC1. The number of fused-ring (bicyclic) bond motifs is 1. The molecule has 3 unspecified atom stereocenters. The van der Waals surface area contributed by atoms with Crippen LogP contribution in [0.1, 0.15) is 44.9 Å². The Hall–Kier alpha value is -0.590. The normalized spacial score (nSPS) is 36.4. The summed E-state index contributed by atoms with van der Waals surface area (Å²) in [5.74, 6) is 2.31. The van der Waals surface area contributed by atoms with E-state index in [4.69, 9.17) is 5.73 Å². The maximum atomic E-state index is 9.36. The van der Waals surface area contributed by atoms with Gasteiger partial charge >= 0.3 is 0 Å². The van der Waals surface area contributed by atoms with Crippen molar-refractivity contribution in [1.82, 2.24) is 4.90 Å². The molecule has 2 saturated carbocycles. The molecule has 0 aromatic rings. The minimum atomic E-state index is -0.568. The molecule has 18 heavy (non-hydrogen) atoms. The fraction of sp³-hybridized carbons (Fsp3) is 0.933. The Morgan fingerprint density at radius 1 is 1.11 bits per heavy atom. The largest absolute Gasteiger partial charge is 0.312 e. The first-order valence-corrected chi connectivity index (χ1v) is 7.64. The quantitative estimate of drug-likeness (QED) is 0.831. The molecule has 2 N–H and O–H groups in total. The lowest BCUT2D eigenvalue weighted by molar-refractivity contribution is 0.0743. The maximum absolute atomic E-state index is 9.36. The molecule has 3 rings (SSSR count). The van der Waals surface area contributed by atoms with Crippen LogP contribution in [0.3, 0.4) is 0 Å². The smallest absolute Gasteiger partial charge is 0.119 e. The van der Waals surface area contributed by atoms with Crippen molar-refractivity contribution in [3.63, 3.8) is 0 Å². The Morgan fingerprint density at radius 3 is 2.50 bits per heavy atom. The number of nitriles is 1. The molecule has 0 bridgehead atoms. The average molecular weight is 247 g/mol. The highest BCUT2D eigenvalue weighted by atomic mass is 15.2. The first-order valence-electron chi connectivity index (χ1n) is 7.64. The van der Waals surface area contributed by atoms with E-state index in [9.17, 15) is 5.26 Å². The van der Waals surface area contributed by atoms with E-state index in [1.807, 2.05) is 0 Å². The molecule has 2 aliphatic carbocycles. The summed E-state index contributed by atoms with van der Waals surface area (Å²) in [4.78, 5) is 2.48. The van der Waals surface area contributed by atoms with E-state index in [0.29, 0.717) is 5.92 Å². The molecule has 0 aromatic heterocycles. The third kappa shape index (κ3) is 2.41. The van der Waals surface area contributed by atoms with Crippen molar-refractivity contribution in [3.8, 4) is 6.07 Å². The van der Waals surface area contributed by atoms with Gasteiger partial charge in [0.1, 0.15) is 5.54 Å². The second-order valence-electron chi connectivity index (χ2n) is 6.75. The molecule has 1 saturated heterocycles. The Balaban J connectivity index is 1.59. The van der Waals surface area contributed by atoms with E-state index >= 15 is 0 Å². The molecular weight excluding hydrogens is 222 g/mol.